The number of carbonyl (C=O) groups is 2. The summed E-state index contributed by atoms with van der Waals surface area (Å²) in [5.74, 6) is 0.477. The number of hydrogen-bond donors (Lipinski definition) is 0. The molecule has 3 aliphatic carbocycles. The Morgan fingerprint density at radius 2 is 1.75 bits per heavy atom. The number of carbonyl (C=O) groups excluding carboxylic acids is 2. The minimum atomic E-state index is -0.0949. The average molecular weight is 160 g/mol. The van der Waals surface area contributed by atoms with Gasteiger partial charge in [-0.15, -0.1) is 0 Å². The number of ketones is 2. The fraction of sp³-hybridized carbons (Fsp3) is 0.400. The number of allylic oxidation sites excluding steroid dienone is 4. The third-order valence-corrected chi connectivity index (χ3v) is 3.21. The monoisotopic (exact) mass is 160 g/mol. The summed E-state index contributed by atoms with van der Waals surface area (Å²) in [5, 5.41) is 0. The first-order chi connectivity index (χ1) is 5.79. The fourth-order valence-electron chi connectivity index (χ4n) is 2.65. The van der Waals surface area contributed by atoms with Crippen LogP contribution in [0.3, 0.4) is 0 Å². The SMILES string of the molecule is O=C1C=C[C@H]2[C@@H]1[C@H]1C=C[C@H]2C1=O. The predicted molar refractivity (Wildman–Crippen MR) is 42.3 cm³/mol. The first-order valence-electron chi connectivity index (χ1n) is 4.23. The minimum absolute atomic E-state index is 0.0164. The standard InChI is InChI=1S/C10H8O2/c11-8-4-3-5-6-1-2-7(9(5)8)10(6)12/h1-7,9H/t5-,6-,7-,9-/m1/s1. The molecular formula is C10H8O2. The van der Waals surface area contributed by atoms with Crippen LogP contribution in [0.2, 0.25) is 0 Å². The van der Waals surface area contributed by atoms with E-state index < -0.39 is 0 Å². The molecule has 4 atom stereocenters. The van der Waals surface area contributed by atoms with Gasteiger partial charge in [0.2, 0.25) is 0 Å². The molecule has 0 N–H and O–H groups in total. The second-order valence-electron chi connectivity index (χ2n) is 3.70. The largest absolute Gasteiger partial charge is 0.298 e. The highest BCUT2D eigenvalue weighted by molar-refractivity contribution is 6.05. The van der Waals surface area contributed by atoms with Crippen LogP contribution in [0.15, 0.2) is 24.3 Å². The van der Waals surface area contributed by atoms with Crippen molar-refractivity contribution < 1.29 is 9.59 Å². The van der Waals surface area contributed by atoms with E-state index in [9.17, 15) is 9.59 Å². The topological polar surface area (TPSA) is 34.1 Å². The van der Waals surface area contributed by atoms with Crippen molar-refractivity contribution in [3.8, 4) is 0 Å². The number of Topliss-reactive ketones (excluding diaryl/α,β-unsaturated/α-hetero) is 1. The third kappa shape index (κ3) is 0.501. The van der Waals surface area contributed by atoms with Gasteiger partial charge in [-0.25, -0.2) is 0 Å². The van der Waals surface area contributed by atoms with Gasteiger partial charge in [-0.3, -0.25) is 9.59 Å². The molecule has 2 nitrogen and oxygen atoms in total. The van der Waals surface area contributed by atoms with Crippen LogP contribution in [0, 0.1) is 23.7 Å². The van der Waals surface area contributed by atoms with Crippen LogP contribution in [-0.2, 0) is 9.59 Å². The van der Waals surface area contributed by atoms with Gasteiger partial charge in [0.1, 0.15) is 5.78 Å². The second-order valence-corrected chi connectivity index (χ2v) is 3.70. The highest BCUT2D eigenvalue weighted by Gasteiger charge is 2.54. The molecule has 3 aliphatic rings. The molecule has 0 radical (unpaired) electrons. The third-order valence-electron chi connectivity index (χ3n) is 3.21. The molecule has 3 rings (SSSR count). The van der Waals surface area contributed by atoms with Gasteiger partial charge < -0.3 is 0 Å². The van der Waals surface area contributed by atoms with Crippen molar-refractivity contribution in [2.75, 3.05) is 0 Å². The molecule has 0 aliphatic heterocycles. The van der Waals surface area contributed by atoms with Crippen molar-refractivity contribution >= 4 is 11.6 Å². The Labute approximate surface area is 70.0 Å². The van der Waals surface area contributed by atoms with Gasteiger partial charge in [0, 0.05) is 23.7 Å². The molecule has 1 saturated carbocycles. The Balaban J connectivity index is 2.13. The van der Waals surface area contributed by atoms with E-state index in [0.717, 1.165) is 0 Å². The molecule has 0 amide bonds. The lowest BCUT2D eigenvalue weighted by Gasteiger charge is -2.15. The van der Waals surface area contributed by atoms with Crippen molar-refractivity contribution in [3.63, 3.8) is 0 Å². The summed E-state index contributed by atoms with van der Waals surface area (Å²) in [7, 11) is 0. The number of rotatable bonds is 0. The van der Waals surface area contributed by atoms with Crippen LogP contribution < -0.4 is 0 Å². The molecule has 0 heterocycles. The molecule has 0 saturated heterocycles. The van der Waals surface area contributed by atoms with Gasteiger partial charge in [-0.1, -0.05) is 18.2 Å². The molecule has 60 valence electrons. The van der Waals surface area contributed by atoms with Crippen LogP contribution in [0.4, 0.5) is 0 Å². The quantitative estimate of drug-likeness (QED) is 0.490. The van der Waals surface area contributed by atoms with Crippen molar-refractivity contribution in [2.45, 2.75) is 0 Å². The van der Waals surface area contributed by atoms with Crippen molar-refractivity contribution in [1.82, 2.24) is 0 Å². The normalized spacial score (nSPS) is 47.7. The highest BCUT2D eigenvalue weighted by atomic mass is 16.1. The smallest absolute Gasteiger partial charge is 0.160 e. The summed E-state index contributed by atoms with van der Waals surface area (Å²) >= 11 is 0. The first kappa shape index (κ1) is 6.35. The van der Waals surface area contributed by atoms with Crippen LogP contribution in [0.25, 0.3) is 0 Å². The molecule has 2 bridgehead atoms. The van der Waals surface area contributed by atoms with E-state index in [1.54, 1.807) is 6.08 Å². The summed E-state index contributed by atoms with van der Waals surface area (Å²) in [4.78, 5) is 22.8. The zero-order valence-corrected chi connectivity index (χ0v) is 6.44. The summed E-state index contributed by atoms with van der Waals surface area (Å²) in [6.45, 7) is 0. The molecular weight excluding hydrogens is 152 g/mol. The molecule has 0 unspecified atom stereocenters. The number of fused-ring (bicyclic) bond motifs is 5. The van der Waals surface area contributed by atoms with Gasteiger partial charge in [0.25, 0.3) is 0 Å². The molecule has 2 heteroatoms. The Morgan fingerprint density at radius 3 is 2.50 bits per heavy atom. The zero-order chi connectivity index (χ0) is 8.29. The number of hydrogen-bond acceptors (Lipinski definition) is 2. The maximum absolute atomic E-state index is 11.5. The van der Waals surface area contributed by atoms with Gasteiger partial charge >= 0.3 is 0 Å². The van der Waals surface area contributed by atoms with Crippen LogP contribution >= 0.6 is 0 Å². The average Bonchev–Trinajstić information content (AvgIpc) is 2.66. The van der Waals surface area contributed by atoms with E-state index in [4.69, 9.17) is 0 Å². The summed E-state index contributed by atoms with van der Waals surface area (Å²) < 4.78 is 0. The zero-order valence-electron chi connectivity index (χ0n) is 6.44. The van der Waals surface area contributed by atoms with Crippen LogP contribution in [0.1, 0.15) is 0 Å². The van der Waals surface area contributed by atoms with Crippen molar-refractivity contribution in [1.29, 1.82) is 0 Å². The maximum atomic E-state index is 11.5. The van der Waals surface area contributed by atoms with Gasteiger partial charge in [0.05, 0.1) is 0 Å². The van der Waals surface area contributed by atoms with E-state index in [2.05, 4.69) is 0 Å². The Kier molecular flexibility index (Phi) is 0.932. The van der Waals surface area contributed by atoms with Crippen molar-refractivity contribution in [2.24, 2.45) is 23.7 Å². The molecule has 0 aromatic carbocycles. The van der Waals surface area contributed by atoms with E-state index in [0.29, 0.717) is 0 Å². The lowest BCUT2D eigenvalue weighted by Crippen LogP contribution is -2.20. The van der Waals surface area contributed by atoms with Crippen molar-refractivity contribution in [3.05, 3.63) is 24.3 Å². The second kappa shape index (κ2) is 1.76. The van der Waals surface area contributed by atoms with E-state index in [1.807, 2.05) is 18.2 Å². The van der Waals surface area contributed by atoms with Gasteiger partial charge in [0.15, 0.2) is 5.78 Å². The molecule has 1 fully saturated rings. The summed E-state index contributed by atoms with van der Waals surface area (Å²) in [6.07, 6.45) is 7.39. The van der Waals surface area contributed by atoms with E-state index in [1.165, 1.54) is 0 Å². The summed E-state index contributed by atoms with van der Waals surface area (Å²) in [5.41, 5.74) is 0. The molecule has 0 spiro atoms. The van der Waals surface area contributed by atoms with E-state index >= 15 is 0 Å². The van der Waals surface area contributed by atoms with E-state index in [-0.39, 0.29) is 35.2 Å². The summed E-state index contributed by atoms with van der Waals surface area (Å²) in [6, 6.07) is 0. The lowest BCUT2D eigenvalue weighted by molar-refractivity contribution is -0.124. The van der Waals surface area contributed by atoms with Gasteiger partial charge in [-0.05, 0) is 6.08 Å². The molecule has 0 aromatic heterocycles. The fourth-order valence-corrected chi connectivity index (χ4v) is 2.65. The Morgan fingerprint density at radius 1 is 1.00 bits per heavy atom. The van der Waals surface area contributed by atoms with Crippen LogP contribution in [0.5, 0.6) is 0 Å². The molecule has 12 heavy (non-hydrogen) atoms. The highest BCUT2D eigenvalue weighted by Crippen LogP contribution is 2.48. The van der Waals surface area contributed by atoms with Gasteiger partial charge in [-0.2, -0.15) is 0 Å². The lowest BCUT2D eigenvalue weighted by atomic mass is 9.85. The van der Waals surface area contributed by atoms with Crippen LogP contribution in [-0.4, -0.2) is 11.6 Å². The molecule has 0 aromatic rings. The Bertz CT molecular complexity index is 338. The minimum Gasteiger partial charge on any atom is -0.298 e. The first-order valence-corrected chi connectivity index (χ1v) is 4.23. The Hall–Kier alpha value is -1.18. The maximum Gasteiger partial charge on any atom is 0.160 e. The predicted octanol–water partition coefficient (Wildman–Crippen LogP) is 0.743.